The van der Waals surface area contributed by atoms with E-state index in [1.54, 1.807) is 4.68 Å². The molecule has 1 aromatic heterocycles. The Kier molecular flexibility index (Phi) is 5.55. The number of thioether (sulfide) groups is 1. The maximum Gasteiger partial charge on any atom is 0.318 e. The summed E-state index contributed by atoms with van der Waals surface area (Å²) in [6.07, 6.45) is 0. The number of rotatable bonds is 5. The third-order valence-electron chi connectivity index (χ3n) is 3.38. The third kappa shape index (κ3) is 4.10. The summed E-state index contributed by atoms with van der Waals surface area (Å²) in [5.74, 6) is -0.504. The van der Waals surface area contributed by atoms with Crippen LogP contribution in [0.5, 0.6) is 0 Å². The molecule has 0 spiro atoms. The standard InChI is InChI=1S/C15H20N6O2S/c1-8(2)12(13(22)17-14(16)23)24-15-18-19-20-21(15)11-7-9(3)5-6-10(11)4/h5-8,12H,1-4H3,(H3,16,17,22,23)/t12-/m0/s1. The SMILES string of the molecule is Cc1ccc(C)c(-n2nnnc2S[C@H](C(=O)NC(N)=O)C(C)C)c1. The monoisotopic (exact) mass is 348 g/mol. The van der Waals surface area contributed by atoms with Crippen LogP contribution in [0.25, 0.3) is 5.69 Å². The zero-order valence-corrected chi connectivity index (χ0v) is 14.8. The number of carbonyl (C=O) groups is 2. The Morgan fingerprint density at radius 2 is 2.00 bits per heavy atom. The Morgan fingerprint density at radius 3 is 2.62 bits per heavy atom. The van der Waals surface area contributed by atoms with E-state index >= 15 is 0 Å². The van der Waals surface area contributed by atoms with Crippen LogP contribution in [0.4, 0.5) is 4.79 Å². The Hall–Kier alpha value is -2.42. The number of imide groups is 1. The fourth-order valence-electron chi connectivity index (χ4n) is 2.15. The number of aryl methyl sites for hydroxylation is 2. The zero-order chi connectivity index (χ0) is 17.9. The molecule has 3 N–H and O–H groups in total. The van der Waals surface area contributed by atoms with E-state index in [2.05, 4.69) is 20.8 Å². The van der Waals surface area contributed by atoms with Crippen molar-refractivity contribution in [1.82, 2.24) is 25.5 Å². The summed E-state index contributed by atoms with van der Waals surface area (Å²) in [5.41, 5.74) is 7.97. The van der Waals surface area contributed by atoms with Gasteiger partial charge in [-0.25, -0.2) is 4.79 Å². The van der Waals surface area contributed by atoms with Gasteiger partial charge in [-0.05, 0) is 47.4 Å². The summed E-state index contributed by atoms with van der Waals surface area (Å²) >= 11 is 1.20. The topological polar surface area (TPSA) is 116 Å². The first kappa shape index (κ1) is 17.9. The summed E-state index contributed by atoms with van der Waals surface area (Å²) in [4.78, 5) is 23.1. The average molecular weight is 348 g/mol. The molecule has 2 aromatic rings. The quantitative estimate of drug-likeness (QED) is 0.793. The molecule has 24 heavy (non-hydrogen) atoms. The lowest BCUT2D eigenvalue weighted by molar-refractivity contribution is -0.120. The molecule has 1 atom stereocenters. The molecule has 0 saturated carbocycles. The molecule has 0 aliphatic rings. The summed E-state index contributed by atoms with van der Waals surface area (Å²) in [5, 5.41) is 13.8. The van der Waals surface area contributed by atoms with Crippen LogP contribution in [0.1, 0.15) is 25.0 Å². The highest BCUT2D eigenvalue weighted by molar-refractivity contribution is 8.00. The van der Waals surface area contributed by atoms with Crippen LogP contribution in [0.3, 0.4) is 0 Å². The van der Waals surface area contributed by atoms with Gasteiger partial charge in [0.2, 0.25) is 11.1 Å². The number of aromatic nitrogens is 4. The zero-order valence-electron chi connectivity index (χ0n) is 14.0. The molecule has 0 fully saturated rings. The molecule has 0 aliphatic carbocycles. The largest absolute Gasteiger partial charge is 0.351 e. The predicted molar refractivity (Wildman–Crippen MR) is 90.8 cm³/mol. The van der Waals surface area contributed by atoms with Gasteiger partial charge in [-0.2, -0.15) is 4.68 Å². The van der Waals surface area contributed by atoms with Gasteiger partial charge in [0, 0.05) is 0 Å². The molecule has 1 heterocycles. The Labute approximate surface area is 144 Å². The van der Waals surface area contributed by atoms with E-state index in [1.807, 2.05) is 45.9 Å². The maximum absolute atomic E-state index is 12.2. The van der Waals surface area contributed by atoms with Crippen molar-refractivity contribution in [3.05, 3.63) is 29.3 Å². The second-order valence-corrected chi connectivity index (χ2v) is 6.91. The minimum Gasteiger partial charge on any atom is -0.351 e. The highest BCUT2D eigenvalue weighted by Crippen LogP contribution is 2.28. The van der Waals surface area contributed by atoms with Crippen molar-refractivity contribution in [2.75, 3.05) is 0 Å². The van der Waals surface area contributed by atoms with Crippen molar-refractivity contribution in [2.45, 2.75) is 38.1 Å². The number of hydrogen-bond acceptors (Lipinski definition) is 6. The van der Waals surface area contributed by atoms with Crippen LogP contribution >= 0.6 is 11.8 Å². The summed E-state index contributed by atoms with van der Waals surface area (Å²) in [7, 11) is 0. The molecule has 0 aliphatic heterocycles. The number of amides is 3. The van der Waals surface area contributed by atoms with E-state index in [-0.39, 0.29) is 5.92 Å². The van der Waals surface area contributed by atoms with Crippen LogP contribution in [0.2, 0.25) is 0 Å². The fourth-order valence-corrected chi connectivity index (χ4v) is 3.13. The van der Waals surface area contributed by atoms with Gasteiger partial charge in [-0.1, -0.05) is 37.7 Å². The highest BCUT2D eigenvalue weighted by Gasteiger charge is 2.27. The van der Waals surface area contributed by atoms with Gasteiger partial charge in [-0.3, -0.25) is 10.1 Å². The lowest BCUT2D eigenvalue weighted by atomic mass is 10.1. The van der Waals surface area contributed by atoms with Crippen LogP contribution < -0.4 is 11.1 Å². The molecule has 128 valence electrons. The number of tetrazole rings is 1. The number of nitrogens with zero attached hydrogens (tertiary/aromatic N) is 4. The number of nitrogens with one attached hydrogen (secondary N) is 1. The summed E-state index contributed by atoms with van der Waals surface area (Å²) in [6, 6.07) is 5.09. The first-order valence-corrected chi connectivity index (χ1v) is 8.30. The van der Waals surface area contributed by atoms with Gasteiger partial charge >= 0.3 is 6.03 Å². The number of nitrogens with two attached hydrogens (primary N) is 1. The average Bonchev–Trinajstić information content (AvgIpc) is 2.94. The van der Waals surface area contributed by atoms with Crippen LogP contribution in [0.15, 0.2) is 23.4 Å². The van der Waals surface area contributed by atoms with Crippen molar-refractivity contribution >= 4 is 23.7 Å². The minimum atomic E-state index is -0.875. The minimum absolute atomic E-state index is 0.0434. The molecule has 9 heteroatoms. The van der Waals surface area contributed by atoms with Gasteiger partial charge in [0.05, 0.1) is 10.9 Å². The van der Waals surface area contributed by atoms with Crippen molar-refractivity contribution in [3.8, 4) is 5.69 Å². The van der Waals surface area contributed by atoms with Crippen LogP contribution in [-0.2, 0) is 4.79 Å². The van der Waals surface area contributed by atoms with E-state index in [9.17, 15) is 9.59 Å². The Bertz CT molecular complexity index is 758. The van der Waals surface area contributed by atoms with E-state index < -0.39 is 17.2 Å². The lowest BCUT2D eigenvalue weighted by Crippen LogP contribution is -2.42. The second kappa shape index (κ2) is 7.43. The van der Waals surface area contributed by atoms with Crippen LogP contribution in [0, 0.1) is 19.8 Å². The number of carbonyl (C=O) groups excluding carboxylic acids is 2. The Balaban J connectivity index is 2.33. The maximum atomic E-state index is 12.2. The molecule has 2 rings (SSSR count). The van der Waals surface area contributed by atoms with Crippen molar-refractivity contribution in [2.24, 2.45) is 11.7 Å². The molecule has 8 nitrogen and oxygen atoms in total. The predicted octanol–water partition coefficient (Wildman–Crippen LogP) is 1.59. The van der Waals surface area contributed by atoms with Crippen molar-refractivity contribution in [1.29, 1.82) is 0 Å². The molecular weight excluding hydrogens is 328 g/mol. The molecule has 3 amide bonds. The summed E-state index contributed by atoms with van der Waals surface area (Å²) in [6.45, 7) is 7.70. The van der Waals surface area contributed by atoms with E-state index in [0.717, 1.165) is 16.8 Å². The van der Waals surface area contributed by atoms with Gasteiger partial charge in [0.25, 0.3) is 0 Å². The number of benzene rings is 1. The number of hydrogen-bond donors (Lipinski definition) is 2. The first-order chi connectivity index (χ1) is 11.3. The van der Waals surface area contributed by atoms with Gasteiger partial charge in [0.1, 0.15) is 0 Å². The summed E-state index contributed by atoms with van der Waals surface area (Å²) < 4.78 is 1.60. The van der Waals surface area contributed by atoms with E-state index in [1.165, 1.54) is 11.8 Å². The van der Waals surface area contributed by atoms with Crippen molar-refractivity contribution in [3.63, 3.8) is 0 Å². The molecule has 0 saturated heterocycles. The smallest absolute Gasteiger partial charge is 0.318 e. The Morgan fingerprint density at radius 1 is 1.29 bits per heavy atom. The number of urea groups is 1. The second-order valence-electron chi connectivity index (χ2n) is 5.80. The van der Waals surface area contributed by atoms with Gasteiger partial charge < -0.3 is 5.73 Å². The molecule has 0 unspecified atom stereocenters. The normalized spacial score (nSPS) is 12.2. The van der Waals surface area contributed by atoms with E-state index in [4.69, 9.17) is 5.73 Å². The molecular formula is C15H20N6O2S. The van der Waals surface area contributed by atoms with Crippen molar-refractivity contribution < 1.29 is 9.59 Å². The lowest BCUT2D eigenvalue weighted by Gasteiger charge is -2.18. The molecule has 0 radical (unpaired) electrons. The molecule has 0 bridgehead atoms. The van der Waals surface area contributed by atoms with Crippen LogP contribution in [-0.4, -0.2) is 37.4 Å². The highest BCUT2D eigenvalue weighted by atomic mass is 32.2. The first-order valence-electron chi connectivity index (χ1n) is 7.42. The fraction of sp³-hybridized carbons (Fsp3) is 0.400. The van der Waals surface area contributed by atoms with Gasteiger partial charge in [-0.15, -0.1) is 5.10 Å². The number of primary amides is 1. The van der Waals surface area contributed by atoms with Gasteiger partial charge in [0.15, 0.2) is 0 Å². The third-order valence-corrected chi connectivity index (χ3v) is 4.85. The molecule has 1 aromatic carbocycles. The van der Waals surface area contributed by atoms with E-state index in [0.29, 0.717) is 5.16 Å².